The largest absolute Gasteiger partial charge is 0.481 e. The molecule has 1 N–H and O–H groups in total. The molecule has 1 heterocycles. The lowest BCUT2D eigenvalue weighted by Gasteiger charge is -2.32. The number of amides is 1. The fraction of sp³-hybridized carbons (Fsp3) is 0.529. The molecular formula is C17H24N2O5S. The Kier molecular flexibility index (Phi) is 6.18. The van der Waals surface area contributed by atoms with Crippen LogP contribution in [0.4, 0.5) is 0 Å². The van der Waals surface area contributed by atoms with Crippen LogP contribution in [0, 0.1) is 0 Å². The maximum Gasteiger partial charge on any atom is 0.261 e. The maximum absolute atomic E-state index is 12.3. The minimum Gasteiger partial charge on any atom is -0.481 e. The monoisotopic (exact) mass is 368 g/mol. The van der Waals surface area contributed by atoms with Crippen molar-refractivity contribution in [3.63, 3.8) is 0 Å². The number of carbonyl (C=O) groups excluding carboxylic acids is 2. The van der Waals surface area contributed by atoms with Crippen molar-refractivity contribution in [3.05, 3.63) is 29.8 Å². The van der Waals surface area contributed by atoms with Crippen LogP contribution in [-0.4, -0.2) is 55.9 Å². The number of nitrogens with zero attached hydrogens (tertiary/aromatic N) is 1. The molecule has 1 aliphatic rings. The number of carbonyl (C=O) groups is 2. The van der Waals surface area contributed by atoms with Crippen molar-refractivity contribution in [1.29, 1.82) is 0 Å². The van der Waals surface area contributed by atoms with Crippen molar-refractivity contribution in [2.75, 3.05) is 19.3 Å². The van der Waals surface area contributed by atoms with Gasteiger partial charge in [0.1, 0.15) is 5.75 Å². The smallest absolute Gasteiger partial charge is 0.261 e. The van der Waals surface area contributed by atoms with E-state index in [-0.39, 0.29) is 24.3 Å². The Labute approximate surface area is 148 Å². The number of ether oxygens (including phenoxy) is 1. The van der Waals surface area contributed by atoms with Crippen LogP contribution < -0.4 is 10.1 Å². The molecule has 1 saturated heterocycles. The Morgan fingerprint density at radius 3 is 2.72 bits per heavy atom. The van der Waals surface area contributed by atoms with E-state index in [9.17, 15) is 18.0 Å². The summed E-state index contributed by atoms with van der Waals surface area (Å²) in [5.41, 5.74) is 0.515. The molecule has 1 aromatic rings. The lowest BCUT2D eigenvalue weighted by molar-refractivity contribution is -0.128. The van der Waals surface area contributed by atoms with Gasteiger partial charge in [-0.1, -0.05) is 12.1 Å². The number of benzene rings is 1. The fourth-order valence-electron chi connectivity index (χ4n) is 2.73. The molecule has 1 aliphatic heterocycles. The maximum atomic E-state index is 12.3. The van der Waals surface area contributed by atoms with Crippen LogP contribution in [0.1, 0.15) is 37.0 Å². The molecule has 0 aromatic heterocycles. The van der Waals surface area contributed by atoms with E-state index in [1.54, 1.807) is 31.2 Å². The number of piperidine rings is 1. The number of nitrogens with one attached hydrogen (secondary N) is 1. The highest BCUT2D eigenvalue weighted by molar-refractivity contribution is 7.88. The van der Waals surface area contributed by atoms with E-state index in [1.807, 2.05) is 0 Å². The molecule has 0 saturated carbocycles. The zero-order valence-electron chi connectivity index (χ0n) is 14.7. The Morgan fingerprint density at radius 2 is 2.08 bits per heavy atom. The number of sulfonamides is 1. The summed E-state index contributed by atoms with van der Waals surface area (Å²) in [6.45, 7) is 3.84. The summed E-state index contributed by atoms with van der Waals surface area (Å²) in [5.74, 6) is 0.0518. The predicted molar refractivity (Wildman–Crippen MR) is 94.1 cm³/mol. The number of hydrogen-bond acceptors (Lipinski definition) is 5. The normalized spacial score (nSPS) is 19.9. The molecule has 2 rings (SSSR count). The first-order valence-electron chi connectivity index (χ1n) is 8.20. The summed E-state index contributed by atoms with van der Waals surface area (Å²) in [6, 6.07) is 6.43. The minimum atomic E-state index is -3.26. The lowest BCUT2D eigenvalue weighted by atomic mass is 10.1. The van der Waals surface area contributed by atoms with Crippen molar-refractivity contribution in [2.45, 2.75) is 38.8 Å². The lowest BCUT2D eigenvalue weighted by Crippen LogP contribution is -2.51. The van der Waals surface area contributed by atoms with Crippen LogP contribution in [0.3, 0.4) is 0 Å². The van der Waals surface area contributed by atoms with Gasteiger partial charge < -0.3 is 10.1 Å². The Morgan fingerprint density at radius 1 is 1.36 bits per heavy atom. The number of hydrogen-bond donors (Lipinski definition) is 1. The van der Waals surface area contributed by atoms with Gasteiger partial charge in [0.05, 0.1) is 6.26 Å². The van der Waals surface area contributed by atoms with Crippen LogP contribution in [0.15, 0.2) is 24.3 Å². The third-order valence-corrected chi connectivity index (χ3v) is 5.39. The molecule has 2 unspecified atom stereocenters. The fourth-order valence-corrected chi connectivity index (χ4v) is 3.64. The van der Waals surface area contributed by atoms with Gasteiger partial charge in [-0.05, 0) is 38.8 Å². The van der Waals surface area contributed by atoms with Crippen molar-refractivity contribution in [2.24, 2.45) is 0 Å². The van der Waals surface area contributed by atoms with Crippen LogP contribution in [-0.2, 0) is 14.8 Å². The molecular weight excluding hydrogens is 344 g/mol. The molecule has 0 spiro atoms. The van der Waals surface area contributed by atoms with Gasteiger partial charge >= 0.3 is 0 Å². The number of rotatable bonds is 6. The highest BCUT2D eigenvalue weighted by Gasteiger charge is 2.28. The highest BCUT2D eigenvalue weighted by Crippen LogP contribution is 2.17. The first-order chi connectivity index (χ1) is 11.7. The number of Topliss-reactive ketones (excluding diaryl/α,β-unsaturated/α-hetero) is 1. The molecule has 0 bridgehead atoms. The van der Waals surface area contributed by atoms with E-state index in [2.05, 4.69) is 5.32 Å². The van der Waals surface area contributed by atoms with Crippen LogP contribution in [0.25, 0.3) is 0 Å². The SMILES string of the molecule is CC(=O)c1cccc(OC(C)C(=O)NC2CCCN(S(C)(=O)=O)C2)c1. The highest BCUT2D eigenvalue weighted by atomic mass is 32.2. The average Bonchev–Trinajstić information content (AvgIpc) is 2.54. The summed E-state index contributed by atoms with van der Waals surface area (Å²) in [5, 5.41) is 2.84. The molecule has 7 nitrogen and oxygen atoms in total. The van der Waals surface area contributed by atoms with E-state index in [0.717, 1.165) is 6.42 Å². The van der Waals surface area contributed by atoms with Crippen molar-refractivity contribution < 1.29 is 22.7 Å². The summed E-state index contributed by atoms with van der Waals surface area (Å²) in [7, 11) is -3.26. The van der Waals surface area contributed by atoms with Gasteiger partial charge in [0.15, 0.2) is 11.9 Å². The van der Waals surface area contributed by atoms with Crippen LogP contribution in [0.2, 0.25) is 0 Å². The summed E-state index contributed by atoms with van der Waals surface area (Å²) < 4.78 is 30.3. The van der Waals surface area contributed by atoms with E-state index in [1.165, 1.54) is 17.5 Å². The van der Waals surface area contributed by atoms with E-state index in [4.69, 9.17) is 4.74 Å². The summed E-state index contributed by atoms with van der Waals surface area (Å²) in [4.78, 5) is 23.7. The zero-order chi connectivity index (χ0) is 18.6. The molecule has 25 heavy (non-hydrogen) atoms. The third kappa shape index (κ3) is 5.54. The Bertz CT molecular complexity index is 747. The van der Waals surface area contributed by atoms with Crippen molar-refractivity contribution in [1.82, 2.24) is 9.62 Å². The minimum absolute atomic E-state index is 0.0781. The average molecular weight is 368 g/mol. The quantitative estimate of drug-likeness (QED) is 0.762. The number of ketones is 1. The van der Waals surface area contributed by atoms with E-state index in [0.29, 0.717) is 24.3 Å². The standard InChI is InChI=1S/C17H24N2O5S/c1-12(20)14-6-4-8-16(10-14)24-13(2)17(21)18-15-7-5-9-19(11-15)25(3,22)23/h4,6,8,10,13,15H,5,7,9,11H2,1-3H3,(H,18,21). The van der Waals surface area contributed by atoms with Gasteiger partial charge in [-0.15, -0.1) is 0 Å². The second-order valence-electron chi connectivity index (χ2n) is 6.31. The second-order valence-corrected chi connectivity index (χ2v) is 8.30. The van der Waals surface area contributed by atoms with Gasteiger partial charge in [-0.3, -0.25) is 9.59 Å². The third-order valence-electron chi connectivity index (χ3n) is 4.12. The first-order valence-corrected chi connectivity index (χ1v) is 10.0. The van der Waals surface area contributed by atoms with Crippen LogP contribution >= 0.6 is 0 Å². The predicted octanol–water partition coefficient (Wildman–Crippen LogP) is 1.20. The summed E-state index contributed by atoms with van der Waals surface area (Å²) >= 11 is 0. The van der Waals surface area contributed by atoms with Crippen molar-refractivity contribution >= 4 is 21.7 Å². The van der Waals surface area contributed by atoms with E-state index >= 15 is 0 Å². The molecule has 8 heteroatoms. The first kappa shape index (κ1) is 19.4. The molecule has 1 aromatic carbocycles. The molecule has 1 fully saturated rings. The van der Waals surface area contributed by atoms with Gasteiger partial charge in [0, 0.05) is 24.7 Å². The molecule has 2 atom stereocenters. The summed E-state index contributed by atoms with van der Waals surface area (Å²) in [6.07, 6.45) is 1.85. The Hall–Kier alpha value is -1.93. The molecule has 1 amide bonds. The molecule has 138 valence electrons. The van der Waals surface area contributed by atoms with Gasteiger partial charge in [-0.2, -0.15) is 0 Å². The second kappa shape index (κ2) is 7.97. The Balaban J connectivity index is 1.94. The molecule has 0 aliphatic carbocycles. The topological polar surface area (TPSA) is 92.8 Å². The van der Waals surface area contributed by atoms with Gasteiger partial charge in [-0.25, -0.2) is 12.7 Å². The van der Waals surface area contributed by atoms with Crippen molar-refractivity contribution in [3.8, 4) is 5.75 Å². The van der Waals surface area contributed by atoms with E-state index < -0.39 is 16.1 Å². The van der Waals surface area contributed by atoms with Crippen LogP contribution in [0.5, 0.6) is 5.75 Å². The van der Waals surface area contributed by atoms with Gasteiger partial charge in [0.25, 0.3) is 5.91 Å². The molecule has 0 radical (unpaired) electrons. The van der Waals surface area contributed by atoms with Gasteiger partial charge in [0.2, 0.25) is 10.0 Å². The zero-order valence-corrected chi connectivity index (χ0v) is 15.5.